The van der Waals surface area contributed by atoms with Crippen molar-refractivity contribution in [2.75, 3.05) is 0 Å². The van der Waals surface area contributed by atoms with Crippen LogP contribution in [0.25, 0.3) is 0 Å². The Morgan fingerprint density at radius 3 is 2.50 bits per heavy atom. The van der Waals surface area contributed by atoms with Crippen LogP contribution >= 0.6 is 0 Å². The third kappa shape index (κ3) is 5.42. The highest BCUT2D eigenvalue weighted by molar-refractivity contribution is 5.18. The lowest BCUT2D eigenvalue weighted by Gasteiger charge is -1.92. The summed E-state index contributed by atoms with van der Waals surface area (Å²) in [6.45, 7) is 6.15. The second kappa shape index (κ2) is 5.10. The molecule has 0 rings (SSSR count). The summed E-state index contributed by atoms with van der Waals surface area (Å²) in [7, 11) is 0. The minimum Gasteiger partial charge on any atom is -0.402 e. The van der Waals surface area contributed by atoms with Gasteiger partial charge in [0.2, 0.25) is 0 Å². The predicted molar refractivity (Wildman–Crippen MR) is 48.7 cm³/mol. The van der Waals surface area contributed by atoms with Crippen molar-refractivity contribution in [1.29, 1.82) is 0 Å². The van der Waals surface area contributed by atoms with E-state index < -0.39 is 0 Å². The first kappa shape index (κ1) is 9.28. The molecule has 1 nitrogen and oxygen atoms in total. The van der Waals surface area contributed by atoms with Crippen LogP contribution in [0.3, 0.4) is 0 Å². The Balaban J connectivity index is 0. The predicted octanol–water partition coefficient (Wildman–Crippen LogP) is 2.84. The van der Waals surface area contributed by atoms with Gasteiger partial charge in [-0.2, -0.15) is 0 Å². The molecular formula is C9H19N. The van der Waals surface area contributed by atoms with Crippen molar-refractivity contribution in [1.82, 2.24) is 0 Å². The average molecular weight is 141 g/mol. The SMILES string of the molecule is CCC/C=C(C)\C=C(\C)N.[HH]. The van der Waals surface area contributed by atoms with Crippen molar-refractivity contribution in [2.45, 2.75) is 33.6 Å². The summed E-state index contributed by atoms with van der Waals surface area (Å²) in [5, 5.41) is 0. The lowest BCUT2D eigenvalue weighted by Crippen LogP contribution is -1.89. The summed E-state index contributed by atoms with van der Waals surface area (Å²) in [6, 6.07) is 0. The number of allylic oxidation sites excluding steroid dienone is 4. The van der Waals surface area contributed by atoms with Crippen LogP contribution in [-0.4, -0.2) is 0 Å². The normalized spacial score (nSPS) is 13.9. The number of hydrogen-bond acceptors (Lipinski definition) is 1. The van der Waals surface area contributed by atoms with Crippen molar-refractivity contribution < 1.29 is 1.43 Å². The zero-order valence-electron chi connectivity index (χ0n) is 7.15. The number of nitrogens with two attached hydrogens (primary N) is 1. The van der Waals surface area contributed by atoms with Gasteiger partial charge in [0.1, 0.15) is 0 Å². The number of unbranched alkanes of at least 4 members (excludes halogenated alkanes) is 1. The Hall–Kier alpha value is -0.720. The van der Waals surface area contributed by atoms with Crippen LogP contribution in [-0.2, 0) is 0 Å². The van der Waals surface area contributed by atoms with Gasteiger partial charge in [-0.1, -0.05) is 25.0 Å². The molecule has 0 unspecified atom stereocenters. The summed E-state index contributed by atoms with van der Waals surface area (Å²) >= 11 is 0. The Morgan fingerprint density at radius 2 is 2.10 bits per heavy atom. The Morgan fingerprint density at radius 1 is 1.50 bits per heavy atom. The second-order valence-electron chi connectivity index (χ2n) is 2.63. The van der Waals surface area contributed by atoms with Crippen LogP contribution < -0.4 is 5.73 Å². The lowest BCUT2D eigenvalue weighted by molar-refractivity contribution is 0.951. The van der Waals surface area contributed by atoms with Gasteiger partial charge in [-0.3, -0.25) is 0 Å². The minimum absolute atomic E-state index is 0. The summed E-state index contributed by atoms with van der Waals surface area (Å²) < 4.78 is 0. The molecular weight excluding hydrogens is 122 g/mol. The van der Waals surface area contributed by atoms with Gasteiger partial charge in [0.25, 0.3) is 0 Å². The second-order valence-corrected chi connectivity index (χ2v) is 2.63. The molecule has 0 aliphatic rings. The standard InChI is InChI=1S/C9H17N.H2/c1-4-5-6-8(2)7-9(3)10;/h6-7H,4-5,10H2,1-3H3;1H/b8-6-,9-7-;. The highest BCUT2D eigenvalue weighted by atomic mass is 14.5. The average Bonchev–Trinajstić information content (AvgIpc) is 1.82. The first-order chi connectivity index (χ1) is 4.66. The summed E-state index contributed by atoms with van der Waals surface area (Å²) in [5.74, 6) is 0. The van der Waals surface area contributed by atoms with Crippen LogP contribution in [0.5, 0.6) is 0 Å². The maximum absolute atomic E-state index is 5.49. The molecule has 60 valence electrons. The third-order valence-electron chi connectivity index (χ3n) is 1.21. The molecule has 0 radical (unpaired) electrons. The molecule has 1 heteroatoms. The van der Waals surface area contributed by atoms with E-state index >= 15 is 0 Å². The molecule has 0 bridgehead atoms. The van der Waals surface area contributed by atoms with E-state index in [1.54, 1.807) is 0 Å². The fourth-order valence-electron chi connectivity index (χ4n) is 0.790. The number of hydrogen-bond donors (Lipinski definition) is 1. The Labute approximate surface area is 65.1 Å². The highest BCUT2D eigenvalue weighted by Gasteiger charge is 1.82. The molecule has 0 spiro atoms. The molecule has 10 heavy (non-hydrogen) atoms. The van der Waals surface area contributed by atoms with Gasteiger partial charge >= 0.3 is 0 Å². The molecule has 0 aliphatic carbocycles. The van der Waals surface area contributed by atoms with E-state index in [1.165, 1.54) is 12.0 Å². The van der Waals surface area contributed by atoms with Gasteiger partial charge in [0.15, 0.2) is 0 Å². The monoisotopic (exact) mass is 141 g/mol. The largest absolute Gasteiger partial charge is 0.402 e. The zero-order valence-corrected chi connectivity index (χ0v) is 7.15. The molecule has 0 heterocycles. The summed E-state index contributed by atoms with van der Waals surface area (Å²) in [5.41, 5.74) is 7.63. The molecule has 2 N–H and O–H groups in total. The molecule has 0 amide bonds. The molecule has 0 saturated heterocycles. The topological polar surface area (TPSA) is 26.0 Å². The van der Waals surface area contributed by atoms with Crippen LogP contribution in [0.2, 0.25) is 0 Å². The van der Waals surface area contributed by atoms with Gasteiger partial charge < -0.3 is 5.73 Å². The van der Waals surface area contributed by atoms with E-state index in [4.69, 9.17) is 5.73 Å². The van der Waals surface area contributed by atoms with Gasteiger partial charge in [0, 0.05) is 7.12 Å². The van der Waals surface area contributed by atoms with E-state index in [2.05, 4.69) is 19.9 Å². The molecule has 0 aliphatic heterocycles. The minimum atomic E-state index is 0. The van der Waals surface area contributed by atoms with Crippen molar-refractivity contribution in [3.8, 4) is 0 Å². The first-order valence-corrected chi connectivity index (χ1v) is 3.77. The van der Waals surface area contributed by atoms with Gasteiger partial charge in [-0.25, -0.2) is 0 Å². The van der Waals surface area contributed by atoms with Gasteiger partial charge in [0.05, 0.1) is 0 Å². The zero-order chi connectivity index (χ0) is 7.98. The summed E-state index contributed by atoms with van der Waals surface area (Å²) in [4.78, 5) is 0. The van der Waals surface area contributed by atoms with E-state index in [-0.39, 0.29) is 1.43 Å². The molecule has 0 aromatic rings. The molecule has 0 aromatic heterocycles. The van der Waals surface area contributed by atoms with E-state index in [0.29, 0.717) is 0 Å². The highest BCUT2D eigenvalue weighted by Crippen LogP contribution is 2.00. The molecule has 0 saturated carbocycles. The maximum Gasteiger partial charge on any atom is 0.00514 e. The Kier molecular flexibility index (Phi) is 4.73. The fraction of sp³-hybridized carbons (Fsp3) is 0.556. The quantitative estimate of drug-likeness (QED) is 0.601. The first-order valence-electron chi connectivity index (χ1n) is 3.77. The Bertz CT molecular complexity index is 144. The molecule has 0 atom stereocenters. The van der Waals surface area contributed by atoms with Crippen LogP contribution in [0.15, 0.2) is 23.4 Å². The van der Waals surface area contributed by atoms with Gasteiger partial charge in [-0.15, -0.1) is 0 Å². The van der Waals surface area contributed by atoms with E-state index in [0.717, 1.165) is 12.1 Å². The van der Waals surface area contributed by atoms with Crippen LogP contribution in [0.4, 0.5) is 0 Å². The number of rotatable bonds is 3. The van der Waals surface area contributed by atoms with Crippen LogP contribution in [0, 0.1) is 0 Å². The van der Waals surface area contributed by atoms with Crippen LogP contribution in [0.1, 0.15) is 35.0 Å². The summed E-state index contributed by atoms with van der Waals surface area (Å²) in [6.07, 6.45) is 6.55. The van der Waals surface area contributed by atoms with Crippen molar-refractivity contribution in [3.63, 3.8) is 0 Å². The van der Waals surface area contributed by atoms with E-state index in [1.807, 2.05) is 13.0 Å². The van der Waals surface area contributed by atoms with Crippen molar-refractivity contribution >= 4 is 0 Å². The lowest BCUT2D eigenvalue weighted by atomic mass is 10.2. The van der Waals surface area contributed by atoms with Crippen molar-refractivity contribution in [2.24, 2.45) is 5.73 Å². The van der Waals surface area contributed by atoms with E-state index in [9.17, 15) is 0 Å². The molecule has 0 aromatic carbocycles. The third-order valence-corrected chi connectivity index (χ3v) is 1.21. The van der Waals surface area contributed by atoms with Crippen molar-refractivity contribution in [3.05, 3.63) is 23.4 Å². The van der Waals surface area contributed by atoms with Gasteiger partial charge in [-0.05, 0) is 26.3 Å². The smallest absolute Gasteiger partial charge is 0.00514 e. The molecule has 0 fully saturated rings. The maximum atomic E-state index is 5.49. The fourth-order valence-corrected chi connectivity index (χ4v) is 0.790.